The van der Waals surface area contributed by atoms with E-state index in [9.17, 15) is 18.8 Å². The summed E-state index contributed by atoms with van der Waals surface area (Å²) in [6.07, 6.45) is 31.3. The molecule has 4 aliphatic carbocycles. The maximum atomic E-state index is 12.4. The lowest BCUT2D eigenvalue weighted by atomic mass is 9.85. The molecule has 13 rings (SSSR count). The first-order valence-electron chi connectivity index (χ1n) is 34.7. The first kappa shape index (κ1) is 81.7. The van der Waals surface area contributed by atoms with Crippen LogP contribution in [0.2, 0.25) is 0 Å². The number of rotatable bonds is 0. The number of hydrogen-bond donors (Lipinski definition) is 19. The molecule has 2 bridgehead atoms. The number of aliphatic hydroxyl groups is 2. The second kappa shape index (κ2) is 51.1. The number of halogens is 1. The molecule has 0 spiro atoms. The number of alkyl halides is 1. The number of nitrogens with two attached hydrogens (primary N) is 12. The van der Waals surface area contributed by atoms with Crippen molar-refractivity contribution in [1.82, 2.24) is 31.5 Å². The van der Waals surface area contributed by atoms with Crippen molar-refractivity contribution in [2.45, 2.75) is 296 Å². The van der Waals surface area contributed by atoms with E-state index in [0.29, 0.717) is 68.1 Å². The van der Waals surface area contributed by atoms with Gasteiger partial charge in [0.25, 0.3) is 0 Å². The van der Waals surface area contributed by atoms with E-state index >= 15 is 0 Å². The number of piperidine rings is 6. The topological polar surface area (TPSA) is 477 Å². The molecule has 4 saturated carbocycles. The number of fused-ring (bicyclic) bond motifs is 3. The van der Waals surface area contributed by atoms with E-state index in [1.807, 2.05) is 0 Å². The molecule has 520 valence electrons. The Bertz CT molecular complexity index is 1560. The summed E-state index contributed by atoms with van der Waals surface area (Å²) >= 11 is 0. The summed E-state index contributed by atoms with van der Waals surface area (Å²) in [5.74, 6) is 1.14. The third-order valence-electron chi connectivity index (χ3n) is 18.0. The smallest absolute Gasteiger partial charge is 0.236 e. The molecule has 25 heteroatoms. The first-order chi connectivity index (χ1) is 42.1. The van der Waals surface area contributed by atoms with E-state index in [0.717, 1.165) is 225 Å². The van der Waals surface area contributed by atoms with Crippen molar-refractivity contribution in [2.75, 3.05) is 78.7 Å². The van der Waals surface area contributed by atoms with E-state index in [2.05, 4.69) is 31.5 Å². The molecule has 0 aromatic heterocycles. The zero-order chi connectivity index (χ0) is 64.9. The van der Waals surface area contributed by atoms with Crippen LogP contribution in [-0.4, -0.2) is 202 Å². The second-order valence-corrected chi connectivity index (χ2v) is 26.8. The summed E-state index contributed by atoms with van der Waals surface area (Å²) in [6, 6.07) is 3.50. The molecule has 0 radical (unpaired) electrons. The lowest BCUT2D eigenvalue weighted by molar-refractivity contribution is -0.123. The zero-order valence-electron chi connectivity index (χ0n) is 54.6. The highest BCUT2D eigenvalue weighted by molar-refractivity contribution is 5.81. The Kier molecular flexibility index (Phi) is 47.4. The van der Waals surface area contributed by atoms with Crippen molar-refractivity contribution < 1.29 is 33.7 Å². The number of carbonyl (C=O) groups excluding carboxylic acids is 3. The van der Waals surface area contributed by atoms with Gasteiger partial charge in [0.05, 0.1) is 24.9 Å². The maximum absolute atomic E-state index is 12.4. The molecule has 9 aliphatic heterocycles. The number of nitrogens with zero attached hydrogens (tertiary/aromatic N) is 1. The molecule has 31 N–H and O–H groups in total. The van der Waals surface area contributed by atoms with E-state index in [-0.39, 0.29) is 60.1 Å². The molecule has 24 nitrogen and oxygen atoms in total. The Morgan fingerprint density at radius 2 is 0.932 bits per heavy atom. The van der Waals surface area contributed by atoms with Crippen molar-refractivity contribution in [3.05, 3.63) is 0 Å². The van der Waals surface area contributed by atoms with Gasteiger partial charge in [0.1, 0.15) is 6.17 Å². The summed E-state index contributed by atoms with van der Waals surface area (Å²) in [5, 5.41) is 32.6. The Morgan fingerprint density at radius 1 is 0.409 bits per heavy atom. The van der Waals surface area contributed by atoms with Crippen LogP contribution in [0.15, 0.2) is 0 Å². The molecule has 10 atom stereocenters. The standard InChI is InChI=1S/C7H14N2.C6H12FN.2C6H12N2O.C6H14N2.2C6H13NO.C5H10N2O.2C5H12N2.C5H11NO/c8-7-5-9-3-1-6(7)2-4-9;7-5-2-1-3-6(8)4-5;7-5-1-2-6(9)8-4-3-5;7-5-3-1-2-4-8-6(5)9;7-5-1-2-6(8)4-3-5;7-5-1-3-6(8)4-2-5;7-5-2-1-3-6(8)4-5;6-4-1-2-5(8)7-3-4;6-5-1-3-7-4-2-5;2*6-5-2-1-3-7-4-5/h6-7H,1-5,8H2;5-6H,1-4,8H2;2*5H,1-4,7H2,(H,8,9);5-6H,1-4,7-8H2;2*5-6,8H,1-4,7H2;4H,1-3,6H2,(H,7,8);2*5,7H,1-4,6H2;5H,1-4,6H2. The van der Waals surface area contributed by atoms with E-state index < -0.39 is 6.17 Å². The molecular weight excluding hydrogens is 1120 g/mol. The van der Waals surface area contributed by atoms with E-state index in [1.165, 1.54) is 38.8 Å². The van der Waals surface area contributed by atoms with Crippen molar-refractivity contribution in [1.29, 1.82) is 0 Å². The third-order valence-corrected chi connectivity index (χ3v) is 18.0. The van der Waals surface area contributed by atoms with Crippen LogP contribution in [0, 0.1) is 5.92 Å². The molecule has 88 heavy (non-hydrogen) atoms. The fourth-order valence-corrected chi connectivity index (χ4v) is 11.8. The van der Waals surface area contributed by atoms with Gasteiger partial charge >= 0.3 is 0 Å². The lowest BCUT2D eigenvalue weighted by Crippen LogP contribution is -2.54. The Labute approximate surface area is 530 Å². The molecule has 9 heterocycles. The van der Waals surface area contributed by atoms with E-state index in [1.54, 1.807) is 0 Å². The van der Waals surface area contributed by atoms with Crippen LogP contribution in [0.4, 0.5) is 4.39 Å². The van der Waals surface area contributed by atoms with Crippen molar-refractivity contribution in [2.24, 2.45) is 74.7 Å². The molecule has 10 unspecified atom stereocenters. The summed E-state index contributed by atoms with van der Waals surface area (Å²) in [7, 11) is 0. The Hall–Kier alpha value is -2.38. The van der Waals surface area contributed by atoms with Gasteiger partial charge in [-0.1, -0.05) is 0 Å². The predicted octanol–water partition coefficient (Wildman–Crippen LogP) is -0.0531. The molecule has 0 aromatic carbocycles. The van der Waals surface area contributed by atoms with Crippen LogP contribution in [0.5, 0.6) is 0 Å². The predicted molar refractivity (Wildman–Crippen MR) is 356 cm³/mol. The van der Waals surface area contributed by atoms with Crippen molar-refractivity contribution in [3.8, 4) is 0 Å². The van der Waals surface area contributed by atoms with Gasteiger partial charge < -0.3 is 115 Å². The molecule has 13 aliphatic rings. The monoisotopic (exact) mass is 1260 g/mol. The van der Waals surface area contributed by atoms with Crippen LogP contribution >= 0.6 is 0 Å². The highest BCUT2D eigenvalue weighted by atomic mass is 19.1. The van der Waals surface area contributed by atoms with Gasteiger partial charge in [-0.25, -0.2) is 4.39 Å². The maximum Gasteiger partial charge on any atom is 0.236 e. The van der Waals surface area contributed by atoms with Crippen molar-refractivity contribution in [3.63, 3.8) is 0 Å². The fourth-order valence-electron chi connectivity index (χ4n) is 11.8. The van der Waals surface area contributed by atoms with Gasteiger partial charge in [0.2, 0.25) is 17.7 Å². The summed E-state index contributed by atoms with van der Waals surface area (Å²) in [6.45, 7) is 12.0. The van der Waals surface area contributed by atoms with Crippen LogP contribution in [-0.2, 0) is 19.1 Å². The molecule has 13 fully saturated rings. The quantitative estimate of drug-likeness (QED) is 0.151. The van der Waals surface area contributed by atoms with Gasteiger partial charge in [-0.05, 0) is 231 Å². The lowest BCUT2D eigenvalue weighted by Gasteiger charge is -2.43. The van der Waals surface area contributed by atoms with Crippen LogP contribution < -0.4 is 95.4 Å². The van der Waals surface area contributed by atoms with Gasteiger partial charge in [-0.2, -0.15) is 0 Å². The number of ether oxygens (including phenoxy) is 1. The highest BCUT2D eigenvalue weighted by Crippen LogP contribution is 2.26. The molecule has 3 amide bonds. The van der Waals surface area contributed by atoms with Gasteiger partial charge in [-0.3, -0.25) is 14.4 Å². The van der Waals surface area contributed by atoms with E-state index in [4.69, 9.17) is 83.8 Å². The Morgan fingerprint density at radius 3 is 1.32 bits per heavy atom. The normalized spacial score (nSPS) is 35.4. The summed E-state index contributed by atoms with van der Waals surface area (Å²) < 4.78 is 17.4. The summed E-state index contributed by atoms with van der Waals surface area (Å²) in [4.78, 5) is 34.4. The number of hydrogen-bond acceptors (Lipinski definition) is 21. The molecule has 9 saturated heterocycles. The number of nitrogens with one attached hydrogen (secondary N) is 5. The minimum atomic E-state index is -0.612. The zero-order valence-corrected chi connectivity index (χ0v) is 54.6. The highest BCUT2D eigenvalue weighted by Gasteiger charge is 2.31. The molecular formula is C63H135FN18O6. The molecule has 0 aromatic rings. The van der Waals surface area contributed by atoms with Gasteiger partial charge in [0, 0.05) is 119 Å². The average Bonchev–Trinajstić information content (AvgIpc) is 3.97. The van der Waals surface area contributed by atoms with Gasteiger partial charge in [0.15, 0.2) is 0 Å². The number of amides is 3. The number of aliphatic hydroxyl groups excluding tert-OH is 2. The summed E-state index contributed by atoms with van der Waals surface area (Å²) in [5.41, 5.74) is 67.0. The minimum Gasteiger partial charge on any atom is -0.393 e. The second-order valence-electron chi connectivity index (χ2n) is 26.8. The van der Waals surface area contributed by atoms with Crippen LogP contribution in [0.1, 0.15) is 205 Å². The Balaban J connectivity index is 0.000000330. The van der Waals surface area contributed by atoms with Gasteiger partial charge in [-0.15, -0.1) is 0 Å². The van der Waals surface area contributed by atoms with Crippen molar-refractivity contribution >= 4 is 17.7 Å². The van der Waals surface area contributed by atoms with Crippen LogP contribution in [0.25, 0.3) is 0 Å². The largest absolute Gasteiger partial charge is 0.393 e. The fraction of sp³-hybridized carbons (Fsp3) is 0.952. The average molecular weight is 1260 g/mol. The SMILES string of the molecule is NC1CCC(=O)NC1.NC1CCC(N)CC1.NC1CCC(O)CC1.NC1CCCC(F)C1.NC1CCCC(O)C1.NC1CCCCNC1=O.NC1CCCNC1.NC1CCCOC1.NC1CCNC(=O)CC1.NC1CCNCC1.NC1CN2CCC1CC2. The van der Waals surface area contributed by atoms with Crippen LogP contribution in [0.3, 0.4) is 0 Å². The minimum absolute atomic E-state index is 0.00694. The number of carbonyl (C=O) groups is 3. The first-order valence-corrected chi connectivity index (χ1v) is 34.7. The third kappa shape index (κ3) is 45.0.